The molecule has 0 aliphatic heterocycles. The van der Waals surface area contributed by atoms with Crippen LogP contribution in [0, 0.1) is 0 Å². The summed E-state index contributed by atoms with van der Waals surface area (Å²) in [6.07, 6.45) is 0. The first kappa shape index (κ1) is 29.5. The van der Waals surface area contributed by atoms with Gasteiger partial charge in [-0.15, -0.1) is 22.7 Å². The molecule has 0 aliphatic carbocycles. The van der Waals surface area contributed by atoms with Gasteiger partial charge in [0.1, 0.15) is 11.2 Å². The molecule has 11 aromatic rings. The molecule has 2 nitrogen and oxygen atoms in total. The minimum atomic E-state index is 0.913. The maximum Gasteiger partial charge on any atom is 0.143 e. The summed E-state index contributed by atoms with van der Waals surface area (Å²) in [5.74, 6) is 0. The lowest BCUT2D eigenvalue weighted by molar-refractivity contribution is 0.670. The number of benzene rings is 8. The molecular formula is C48H29NOS2. The summed E-state index contributed by atoms with van der Waals surface area (Å²) in [4.78, 5) is 2.41. The molecule has 0 fully saturated rings. The van der Waals surface area contributed by atoms with E-state index in [1.165, 1.54) is 57.2 Å². The van der Waals surface area contributed by atoms with Gasteiger partial charge in [0.25, 0.3) is 0 Å². The van der Waals surface area contributed by atoms with Crippen LogP contribution in [-0.4, -0.2) is 0 Å². The summed E-state index contributed by atoms with van der Waals surface area (Å²) in [5.41, 5.74) is 9.86. The summed E-state index contributed by atoms with van der Waals surface area (Å²) in [6, 6.07) is 63.7. The number of nitrogens with zero attached hydrogens (tertiary/aromatic N) is 1. The van der Waals surface area contributed by atoms with E-state index in [1.807, 2.05) is 34.8 Å². The van der Waals surface area contributed by atoms with Gasteiger partial charge >= 0.3 is 0 Å². The Kier molecular flexibility index (Phi) is 6.63. The first-order valence-corrected chi connectivity index (χ1v) is 19.1. The Labute approximate surface area is 308 Å². The average molecular weight is 700 g/mol. The largest absolute Gasteiger partial charge is 0.455 e. The van der Waals surface area contributed by atoms with E-state index in [9.17, 15) is 0 Å². The van der Waals surface area contributed by atoms with Gasteiger partial charge in [-0.05, 0) is 83.4 Å². The molecular weight excluding hydrogens is 671 g/mol. The Morgan fingerprint density at radius 3 is 1.77 bits per heavy atom. The maximum atomic E-state index is 6.41. The van der Waals surface area contributed by atoms with Crippen LogP contribution in [0.4, 0.5) is 17.1 Å². The number of para-hydroxylation sites is 2. The molecule has 0 radical (unpaired) electrons. The Morgan fingerprint density at radius 1 is 0.385 bits per heavy atom. The predicted octanol–water partition coefficient (Wildman–Crippen LogP) is 15.1. The minimum Gasteiger partial charge on any atom is -0.455 e. The van der Waals surface area contributed by atoms with E-state index >= 15 is 0 Å². The van der Waals surface area contributed by atoms with E-state index in [1.54, 1.807) is 0 Å². The summed E-state index contributed by atoms with van der Waals surface area (Å²) in [6.45, 7) is 0. The van der Waals surface area contributed by atoms with Crippen LogP contribution in [0.1, 0.15) is 0 Å². The molecule has 8 aromatic carbocycles. The van der Waals surface area contributed by atoms with Crippen LogP contribution in [0.3, 0.4) is 0 Å². The molecule has 0 aliphatic rings. The van der Waals surface area contributed by atoms with Gasteiger partial charge in [-0.25, -0.2) is 0 Å². The third-order valence-corrected chi connectivity index (χ3v) is 12.6. The quantitative estimate of drug-likeness (QED) is 0.178. The van der Waals surface area contributed by atoms with Crippen molar-refractivity contribution in [1.82, 2.24) is 0 Å². The van der Waals surface area contributed by atoms with Crippen molar-refractivity contribution in [3.8, 4) is 22.3 Å². The molecule has 3 heterocycles. The number of rotatable bonds is 5. The van der Waals surface area contributed by atoms with Crippen molar-refractivity contribution in [3.05, 3.63) is 176 Å². The standard InChI is InChI=1S/C48H29NOS2/c1-4-15-42-36(9-1)38-13-7-12-35(48(38)50-42)31-21-26-34(27-22-31)49(41-14-8-18-46-47(41)39-11-3-6-17-44(39)52-46)33-24-19-30(20-25-33)32-23-28-45-40(29-32)37-10-2-5-16-43(37)51-45/h1-29H. The van der Waals surface area contributed by atoms with Crippen LogP contribution in [0.15, 0.2) is 180 Å². The number of thiophene rings is 2. The fourth-order valence-electron chi connectivity index (χ4n) is 7.84. The lowest BCUT2D eigenvalue weighted by Gasteiger charge is -2.27. The zero-order chi connectivity index (χ0) is 34.2. The fourth-order valence-corrected chi connectivity index (χ4v) is 10.1. The normalized spacial score (nSPS) is 11.8. The second-order valence-corrected chi connectivity index (χ2v) is 15.4. The van der Waals surface area contributed by atoms with E-state index < -0.39 is 0 Å². The molecule has 0 N–H and O–H groups in total. The number of hydrogen-bond donors (Lipinski definition) is 0. The van der Waals surface area contributed by atoms with E-state index in [4.69, 9.17) is 4.42 Å². The van der Waals surface area contributed by atoms with Crippen molar-refractivity contribution >= 4 is 102 Å². The zero-order valence-corrected chi connectivity index (χ0v) is 29.5. The second kappa shape index (κ2) is 11.7. The van der Waals surface area contributed by atoms with Gasteiger partial charge < -0.3 is 9.32 Å². The lowest BCUT2D eigenvalue weighted by Crippen LogP contribution is -2.10. The van der Waals surface area contributed by atoms with Crippen molar-refractivity contribution in [2.24, 2.45) is 0 Å². The fraction of sp³-hybridized carbons (Fsp3) is 0. The van der Waals surface area contributed by atoms with Gasteiger partial charge in [0.05, 0.1) is 5.69 Å². The lowest BCUT2D eigenvalue weighted by atomic mass is 10.0. The van der Waals surface area contributed by atoms with Crippen molar-refractivity contribution in [3.63, 3.8) is 0 Å². The SMILES string of the molecule is c1ccc2c(c1)oc1c(-c3ccc(N(c4ccc(-c5ccc6sc7ccccc7c6c5)cc4)c4cccc5sc6ccccc6c45)cc3)cccc12. The van der Waals surface area contributed by atoms with Crippen LogP contribution >= 0.6 is 22.7 Å². The van der Waals surface area contributed by atoms with Gasteiger partial charge in [-0.3, -0.25) is 0 Å². The second-order valence-electron chi connectivity index (χ2n) is 13.3. The highest BCUT2D eigenvalue weighted by Crippen LogP contribution is 2.46. The summed E-state index contributed by atoms with van der Waals surface area (Å²) < 4.78 is 11.6. The minimum absolute atomic E-state index is 0.913. The van der Waals surface area contributed by atoms with Gasteiger partial charge in [0.2, 0.25) is 0 Å². The monoisotopic (exact) mass is 699 g/mol. The van der Waals surface area contributed by atoms with Crippen molar-refractivity contribution < 1.29 is 4.42 Å². The van der Waals surface area contributed by atoms with Crippen LogP contribution < -0.4 is 4.90 Å². The van der Waals surface area contributed by atoms with Gasteiger partial charge in [0.15, 0.2) is 0 Å². The zero-order valence-electron chi connectivity index (χ0n) is 27.9. The first-order valence-electron chi connectivity index (χ1n) is 17.5. The van der Waals surface area contributed by atoms with Crippen LogP contribution in [0.2, 0.25) is 0 Å². The smallest absolute Gasteiger partial charge is 0.143 e. The topological polar surface area (TPSA) is 16.4 Å². The molecule has 3 aromatic heterocycles. The van der Waals surface area contributed by atoms with Gasteiger partial charge in [0, 0.05) is 68.1 Å². The summed E-state index contributed by atoms with van der Waals surface area (Å²) >= 11 is 3.71. The van der Waals surface area contributed by atoms with Crippen LogP contribution in [0.25, 0.3) is 84.5 Å². The van der Waals surface area contributed by atoms with Gasteiger partial charge in [-0.2, -0.15) is 0 Å². The number of furan rings is 1. The Bertz CT molecular complexity index is 3130. The number of hydrogen-bond acceptors (Lipinski definition) is 4. The molecule has 0 atom stereocenters. The summed E-state index contributed by atoms with van der Waals surface area (Å²) in [5, 5.41) is 7.48. The molecule has 52 heavy (non-hydrogen) atoms. The molecule has 4 heteroatoms. The van der Waals surface area contributed by atoms with E-state index in [0.29, 0.717) is 0 Å². The van der Waals surface area contributed by atoms with E-state index in [-0.39, 0.29) is 0 Å². The predicted molar refractivity (Wildman–Crippen MR) is 225 cm³/mol. The van der Waals surface area contributed by atoms with Crippen LogP contribution in [0.5, 0.6) is 0 Å². The number of fused-ring (bicyclic) bond motifs is 9. The van der Waals surface area contributed by atoms with Gasteiger partial charge in [-0.1, -0.05) is 109 Å². The maximum absolute atomic E-state index is 6.41. The highest BCUT2D eigenvalue weighted by Gasteiger charge is 2.19. The van der Waals surface area contributed by atoms with E-state index in [0.717, 1.165) is 44.4 Å². The Hall–Kier alpha value is -6.20. The van der Waals surface area contributed by atoms with Crippen LogP contribution in [-0.2, 0) is 0 Å². The highest BCUT2D eigenvalue weighted by molar-refractivity contribution is 7.26. The Balaban J connectivity index is 1.05. The molecule has 0 spiro atoms. The Morgan fingerprint density at radius 2 is 0.962 bits per heavy atom. The highest BCUT2D eigenvalue weighted by atomic mass is 32.1. The number of anilines is 3. The van der Waals surface area contributed by atoms with Crippen molar-refractivity contribution in [2.75, 3.05) is 4.90 Å². The molecule has 11 rings (SSSR count). The molecule has 0 bridgehead atoms. The third-order valence-electron chi connectivity index (χ3n) is 10.3. The van der Waals surface area contributed by atoms with E-state index in [2.05, 4.69) is 169 Å². The molecule has 0 saturated carbocycles. The van der Waals surface area contributed by atoms with Crippen molar-refractivity contribution in [1.29, 1.82) is 0 Å². The average Bonchev–Trinajstić information content (AvgIpc) is 3.90. The van der Waals surface area contributed by atoms with Crippen molar-refractivity contribution in [2.45, 2.75) is 0 Å². The third kappa shape index (κ3) is 4.62. The molecule has 0 saturated heterocycles. The first-order chi connectivity index (χ1) is 25.8. The molecule has 0 amide bonds. The summed E-state index contributed by atoms with van der Waals surface area (Å²) in [7, 11) is 0. The molecule has 244 valence electrons. The molecule has 0 unspecified atom stereocenters.